The van der Waals surface area contributed by atoms with Gasteiger partial charge in [0.1, 0.15) is 18.4 Å². The van der Waals surface area contributed by atoms with Crippen LogP contribution in [0.4, 0.5) is 10.5 Å². The molecular weight excluding hydrogens is 358 g/mol. The zero-order chi connectivity index (χ0) is 19.3. The van der Waals surface area contributed by atoms with Gasteiger partial charge in [0.25, 0.3) is 0 Å². The number of pyridine rings is 1. The summed E-state index contributed by atoms with van der Waals surface area (Å²) in [5.41, 5.74) is 1.54. The number of benzene rings is 1. The maximum absolute atomic E-state index is 12.6. The van der Waals surface area contributed by atoms with Crippen LogP contribution in [-0.4, -0.2) is 65.5 Å². The molecule has 0 saturated carbocycles. The third kappa shape index (κ3) is 4.23. The summed E-state index contributed by atoms with van der Waals surface area (Å²) in [7, 11) is 0. The Morgan fingerprint density at radius 3 is 2.82 bits per heavy atom. The topological polar surface area (TPSA) is 86.8 Å². The SMILES string of the molecule is O=C1NCCN2CCN(C(=O)Nc3ccc(OCc4ccccn4)cc3)C[C@H]12. The summed E-state index contributed by atoms with van der Waals surface area (Å²) in [6.07, 6.45) is 1.73. The van der Waals surface area contributed by atoms with Gasteiger partial charge in [-0.2, -0.15) is 0 Å². The van der Waals surface area contributed by atoms with Crippen LogP contribution in [0.1, 0.15) is 5.69 Å². The molecule has 4 rings (SSSR count). The van der Waals surface area contributed by atoms with Gasteiger partial charge in [0.05, 0.1) is 5.69 Å². The van der Waals surface area contributed by atoms with E-state index in [1.54, 1.807) is 23.2 Å². The number of ether oxygens (including phenoxy) is 1. The van der Waals surface area contributed by atoms with Crippen molar-refractivity contribution in [2.75, 3.05) is 38.0 Å². The van der Waals surface area contributed by atoms with Crippen LogP contribution in [0.25, 0.3) is 0 Å². The lowest BCUT2D eigenvalue weighted by Crippen LogP contribution is -2.64. The van der Waals surface area contributed by atoms with Gasteiger partial charge in [-0.15, -0.1) is 0 Å². The molecule has 3 heterocycles. The van der Waals surface area contributed by atoms with Crippen molar-refractivity contribution in [1.82, 2.24) is 20.1 Å². The van der Waals surface area contributed by atoms with Crippen molar-refractivity contribution >= 4 is 17.6 Å². The molecule has 28 heavy (non-hydrogen) atoms. The van der Waals surface area contributed by atoms with E-state index in [-0.39, 0.29) is 18.0 Å². The molecule has 2 N–H and O–H groups in total. The van der Waals surface area contributed by atoms with E-state index < -0.39 is 0 Å². The fourth-order valence-electron chi connectivity index (χ4n) is 3.44. The summed E-state index contributed by atoms with van der Waals surface area (Å²) in [6, 6.07) is 12.5. The van der Waals surface area contributed by atoms with Crippen molar-refractivity contribution in [2.24, 2.45) is 0 Å². The van der Waals surface area contributed by atoms with Crippen molar-refractivity contribution in [3.8, 4) is 5.75 Å². The first-order valence-corrected chi connectivity index (χ1v) is 9.39. The maximum atomic E-state index is 12.6. The van der Waals surface area contributed by atoms with Gasteiger partial charge in [-0.3, -0.25) is 14.7 Å². The van der Waals surface area contributed by atoms with Gasteiger partial charge < -0.3 is 20.3 Å². The molecule has 146 valence electrons. The molecule has 1 atom stereocenters. The van der Waals surface area contributed by atoms with E-state index in [1.807, 2.05) is 30.3 Å². The average Bonchev–Trinajstić information content (AvgIpc) is 2.74. The van der Waals surface area contributed by atoms with Gasteiger partial charge in [0.15, 0.2) is 0 Å². The van der Waals surface area contributed by atoms with E-state index in [9.17, 15) is 9.59 Å². The number of piperazine rings is 2. The fourth-order valence-corrected chi connectivity index (χ4v) is 3.44. The number of nitrogens with zero attached hydrogens (tertiary/aromatic N) is 3. The largest absolute Gasteiger partial charge is 0.487 e. The third-order valence-electron chi connectivity index (χ3n) is 5.00. The third-order valence-corrected chi connectivity index (χ3v) is 5.00. The van der Waals surface area contributed by atoms with Crippen LogP contribution in [0.15, 0.2) is 48.7 Å². The Morgan fingerprint density at radius 2 is 2.04 bits per heavy atom. The first kappa shape index (κ1) is 18.2. The number of fused-ring (bicyclic) bond motifs is 1. The Morgan fingerprint density at radius 1 is 1.18 bits per heavy atom. The number of hydrogen-bond acceptors (Lipinski definition) is 5. The molecule has 0 radical (unpaired) electrons. The Kier molecular flexibility index (Phi) is 5.38. The van der Waals surface area contributed by atoms with E-state index in [0.29, 0.717) is 44.2 Å². The van der Waals surface area contributed by atoms with Crippen molar-refractivity contribution in [3.05, 3.63) is 54.4 Å². The minimum atomic E-state index is -0.254. The molecule has 0 bridgehead atoms. The van der Waals surface area contributed by atoms with Crippen LogP contribution in [0.3, 0.4) is 0 Å². The molecule has 0 unspecified atom stereocenters. The summed E-state index contributed by atoms with van der Waals surface area (Å²) in [4.78, 5) is 32.6. The maximum Gasteiger partial charge on any atom is 0.321 e. The highest BCUT2D eigenvalue weighted by atomic mass is 16.5. The fraction of sp³-hybridized carbons (Fsp3) is 0.350. The second kappa shape index (κ2) is 8.26. The second-order valence-corrected chi connectivity index (χ2v) is 6.85. The standard InChI is InChI=1S/C20H23N5O3/c26-19-18-13-25(12-11-24(18)10-9-22-19)20(27)23-15-4-6-17(7-5-15)28-14-16-3-1-2-8-21-16/h1-8,18H,9-14H2,(H,22,26)(H,23,27)/t18-/m1/s1. The highest BCUT2D eigenvalue weighted by Gasteiger charge is 2.36. The number of amides is 3. The molecule has 0 spiro atoms. The van der Waals surface area contributed by atoms with Crippen LogP contribution in [0, 0.1) is 0 Å². The van der Waals surface area contributed by atoms with Gasteiger partial charge in [-0.1, -0.05) is 6.07 Å². The minimum Gasteiger partial charge on any atom is -0.487 e. The molecule has 8 heteroatoms. The number of carbonyl (C=O) groups excluding carboxylic acids is 2. The Balaban J connectivity index is 1.30. The molecule has 2 aliphatic heterocycles. The molecule has 3 amide bonds. The quantitative estimate of drug-likeness (QED) is 0.834. The molecule has 8 nitrogen and oxygen atoms in total. The van der Waals surface area contributed by atoms with Crippen LogP contribution >= 0.6 is 0 Å². The smallest absolute Gasteiger partial charge is 0.321 e. The number of urea groups is 1. The van der Waals surface area contributed by atoms with E-state index in [0.717, 1.165) is 12.2 Å². The molecule has 2 aliphatic rings. The lowest BCUT2D eigenvalue weighted by atomic mass is 10.1. The summed E-state index contributed by atoms with van der Waals surface area (Å²) in [5, 5.41) is 5.75. The Bertz CT molecular complexity index is 827. The summed E-state index contributed by atoms with van der Waals surface area (Å²) in [6.45, 7) is 3.64. The van der Waals surface area contributed by atoms with Crippen LogP contribution in [0.5, 0.6) is 5.75 Å². The van der Waals surface area contributed by atoms with Crippen molar-refractivity contribution in [1.29, 1.82) is 0 Å². The molecule has 1 aromatic heterocycles. The summed E-state index contributed by atoms with van der Waals surface area (Å²) < 4.78 is 5.70. The molecular formula is C20H23N5O3. The first-order valence-electron chi connectivity index (χ1n) is 9.39. The van der Waals surface area contributed by atoms with Crippen LogP contribution in [0.2, 0.25) is 0 Å². The number of hydrogen-bond donors (Lipinski definition) is 2. The van der Waals surface area contributed by atoms with Gasteiger partial charge in [-0.25, -0.2) is 4.79 Å². The summed E-state index contributed by atoms with van der Waals surface area (Å²) in [5.74, 6) is 0.703. The van der Waals surface area contributed by atoms with Crippen molar-refractivity contribution in [2.45, 2.75) is 12.6 Å². The first-order chi connectivity index (χ1) is 13.7. The average molecular weight is 381 g/mol. The predicted octanol–water partition coefficient (Wildman–Crippen LogP) is 1.31. The highest BCUT2D eigenvalue weighted by molar-refractivity contribution is 5.90. The number of anilines is 1. The van der Waals surface area contributed by atoms with Gasteiger partial charge in [0, 0.05) is 44.6 Å². The highest BCUT2D eigenvalue weighted by Crippen LogP contribution is 2.18. The lowest BCUT2D eigenvalue weighted by molar-refractivity contribution is -0.131. The Hall–Kier alpha value is -3.13. The Labute approximate surface area is 163 Å². The predicted molar refractivity (Wildman–Crippen MR) is 104 cm³/mol. The van der Waals surface area contributed by atoms with Crippen LogP contribution in [-0.2, 0) is 11.4 Å². The van der Waals surface area contributed by atoms with E-state index in [1.165, 1.54) is 0 Å². The lowest BCUT2D eigenvalue weighted by Gasteiger charge is -2.42. The van der Waals surface area contributed by atoms with E-state index in [2.05, 4.69) is 20.5 Å². The van der Waals surface area contributed by atoms with Gasteiger partial charge in [0.2, 0.25) is 5.91 Å². The monoisotopic (exact) mass is 381 g/mol. The van der Waals surface area contributed by atoms with Crippen molar-refractivity contribution < 1.29 is 14.3 Å². The number of rotatable bonds is 4. The van der Waals surface area contributed by atoms with Crippen LogP contribution < -0.4 is 15.4 Å². The van der Waals surface area contributed by atoms with Crippen molar-refractivity contribution in [3.63, 3.8) is 0 Å². The van der Waals surface area contributed by atoms with E-state index >= 15 is 0 Å². The number of aromatic nitrogens is 1. The number of carbonyl (C=O) groups is 2. The molecule has 0 aliphatic carbocycles. The normalized spacial score (nSPS) is 19.5. The molecule has 1 aromatic carbocycles. The zero-order valence-electron chi connectivity index (χ0n) is 15.5. The summed E-state index contributed by atoms with van der Waals surface area (Å²) >= 11 is 0. The van der Waals surface area contributed by atoms with E-state index in [4.69, 9.17) is 4.74 Å². The minimum absolute atomic E-state index is 0.00171. The van der Waals surface area contributed by atoms with Gasteiger partial charge in [-0.05, 0) is 36.4 Å². The second-order valence-electron chi connectivity index (χ2n) is 6.85. The number of nitrogens with one attached hydrogen (secondary N) is 2. The molecule has 2 saturated heterocycles. The van der Waals surface area contributed by atoms with Gasteiger partial charge >= 0.3 is 6.03 Å². The zero-order valence-corrected chi connectivity index (χ0v) is 15.5. The molecule has 2 aromatic rings. The molecule has 2 fully saturated rings.